The van der Waals surface area contributed by atoms with E-state index in [4.69, 9.17) is 9.15 Å². The summed E-state index contributed by atoms with van der Waals surface area (Å²) in [6.07, 6.45) is 3.58. The highest BCUT2D eigenvalue weighted by molar-refractivity contribution is 7.15. The second kappa shape index (κ2) is 5.81. The van der Waals surface area contributed by atoms with Gasteiger partial charge >= 0.3 is 0 Å². The Bertz CT molecular complexity index is 835. The van der Waals surface area contributed by atoms with Crippen molar-refractivity contribution in [3.63, 3.8) is 0 Å². The summed E-state index contributed by atoms with van der Waals surface area (Å²) in [5, 5.41) is 4.31. The van der Waals surface area contributed by atoms with E-state index in [1.165, 1.54) is 11.3 Å². The first kappa shape index (κ1) is 14.6. The molecule has 0 fully saturated rings. The van der Waals surface area contributed by atoms with Gasteiger partial charge in [0.25, 0.3) is 0 Å². The van der Waals surface area contributed by atoms with Crippen LogP contribution in [0, 0.1) is 13.8 Å². The molecule has 1 N–H and O–H groups in total. The Morgan fingerprint density at radius 1 is 1.41 bits per heavy atom. The van der Waals surface area contributed by atoms with Crippen molar-refractivity contribution in [1.29, 1.82) is 0 Å². The molecule has 3 rings (SSSR count). The van der Waals surface area contributed by atoms with Crippen molar-refractivity contribution < 1.29 is 13.9 Å². The molecule has 0 spiro atoms. The summed E-state index contributed by atoms with van der Waals surface area (Å²) < 4.78 is 11.0. The molecule has 3 aromatic rings. The maximum absolute atomic E-state index is 12.1. The topological polar surface area (TPSA) is 64.4 Å². The number of aryl methyl sites for hydroxylation is 2. The largest absolute Gasteiger partial charge is 0.493 e. The first-order chi connectivity index (χ1) is 10.6. The Kier molecular flexibility index (Phi) is 3.85. The zero-order chi connectivity index (χ0) is 15.7. The van der Waals surface area contributed by atoms with Gasteiger partial charge in [0.2, 0.25) is 5.91 Å². The third-order valence-electron chi connectivity index (χ3n) is 3.40. The van der Waals surface area contributed by atoms with Crippen molar-refractivity contribution in [1.82, 2.24) is 4.98 Å². The molecule has 0 aliphatic rings. The van der Waals surface area contributed by atoms with E-state index in [1.807, 2.05) is 26.0 Å². The van der Waals surface area contributed by atoms with Gasteiger partial charge in [-0.2, -0.15) is 0 Å². The number of anilines is 1. The molecule has 0 atom stereocenters. The number of nitrogens with one attached hydrogen (secondary N) is 1. The van der Waals surface area contributed by atoms with Gasteiger partial charge in [0.1, 0.15) is 0 Å². The standard InChI is InChI=1S/C16H16N2O3S/c1-9-4-5-12-11(8-21-15(12)14(9)20-3)6-13(19)18-16-17-7-10(2)22-16/h4-5,7-8H,6H2,1-3H3,(H,17,18,19). The molecule has 114 valence electrons. The molecule has 2 heterocycles. The zero-order valence-electron chi connectivity index (χ0n) is 12.6. The van der Waals surface area contributed by atoms with Crippen LogP contribution in [-0.2, 0) is 11.2 Å². The number of amides is 1. The van der Waals surface area contributed by atoms with E-state index >= 15 is 0 Å². The van der Waals surface area contributed by atoms with Gasteiger partial charge in [-0.3, -0.25) is 4.79 Å². The van der Waals surface area contributed by atoms with E-state index in [-0.39, 0.29) is 12.3 Å². The minimum Gasteiger partial charge on any atom is -0.493 e. The summed E-state index contributed by atoms with van der Waals surface area (Å²) in [7, 11) is 1.61. The Morgan fingerprint density at radius 2 is 2.23 bits per heavy atom. The first-order valence-electron chi connectivity index (χ1n) is 6.84. The van der Waals surface area contributed by atoms with E-state index in [9.17, 15) is 4.79 Å². The molecule has 2 aromatic heterocycles. The van der Waals surface area contributed by atoms with Crippen LogP contribution in [0.1, 0.15) is 16.0 Å². The van der Waals surface area contributed by atoms with Crippen LogP contribution in [-0.4, -0.2) is 18.0 Å². The van der Waals surface area contributed by atoms with Gasteiger partial charge in [-0.1, -0.05) is 12.1 Å². The Morgan fingerprint density at radius 3 is 2.91 bits per heavy atom. The first-order valence-corrected chi connectivity index (χ1v) is 7.66. The number of rotatable bonds is 4. The quantitative estimate of drug-likeness (QED) is 0.797. The molecule has 5 nitrogen and oxygen atoms in total. The smallest absolute Gasteiger partial charge is 0.230 e. The third kappa shape index (κ3) is 2.69. The second-order valence-corrected chi connectivity index (χ2v) is 6.29. The molecule has 0 saturated carbocycles. The van der Waals surface area contributed by atoms with Crippen LogP contribution in [0.2, 0.25) is 0 Å². The second-order valence-electron chi connectivity index (χ2n) is 5.05. The summed E-state index contributed by atoms with van der Waals surface area (Å²) in [5.74, 6) is 0.594. The van der Waals surface area contributed by atoms with Crippen LogP contribution >= 0.6 is 11.3 Å². The van der Waals surface area contributed by atoms with Gasteiger partial charge in [-0.25, -0.2) is 4.98 Å². The van der Waals surface area contributed by atoms with Gasteiger partial charge in [-0.05, 0) is 19.4 Å². The molecule has 1 amide bonds. The predicted octanol–water partition coefficient (Wildman–Crippen LogP) is 3.70. The molecule has 0 saturated heterocycles. The Balaban J connectivity index is 1.83. The minimum absolute atomic E-state index is 0.114. The Labute approximate surface area is 131 Å². The number of hydrogen-bond acceptors (Lipinski definition) is 5. The van der Waals surface area contributed by atoms with E-state index < -0.39 is 0 Å². The Hall–Kier alpha value is -2.34. The number of ether oxygens (including phenoxy) is 1. The third-order valence-corrected chi connectivity index (χ3v) is 4.22. The lowest BCUT2D eigenvalue weighted by Gasteiger charge is -2.05. The number of fused-ring (bicyclic) bond motifs is 1. The van der Waals surface area contributed by atoms with Crippen LogP contribution in [0.3, 0.4) is 0 Å². The fourth-order valence-corrected chi connectivity index (χ4v) is 3.04. The maximum Gasteiger partial charge on any atom is 0.230 e. The molecule has 0 aliphatic heterocycles. The van der Waals surface area contributed by atoms with E-state index in [1.54, 1.807) is 19.6 Å². The molecule has 0 bridgehead atoms. The van der Waals surface area contributed by atoms with Gasteiger partial charge in [0.15, 0.2) is 16.5 Å². The number of hydrogen-bond donors (Lipinski definition) is 1. The highest BCUT2D eigenvalue weighted by Crippen LogP contribution is 2.33. The number of carbonyl (C=O) groups is 1. The SMILES string of the molecule is COc1c(C)ccc2c(CC(=O)Nc3ncc(C)s3)coc12. The maximum atomic E-state index is 12.1. The molecule has 0 unspecified atom stereocenters. The number of methoxy groups -OCH3 is 1. The van der Waals surface area contributed by atoms with Gasteiger partial charge in [0.05, 0.1) is 19.8 Å². The van der Waals surface area contributed by atoms with E-state index in [2.05, 4.69) is 10.3 Å². The van der Waals surface area contributed by atoms with Crippen molar-refractivity contribution in [2.75, 3.05) is 12.4 Å². The van der Waals surface area contributed by atoms with Crippen molar-refractivity contribution in [2.24, 2.45) is 0 Å². The lowest BCUT2D eigenvalue weighted by atomic mass is 10.1. The molecular weight excluding hydrogens is 300 g/mol. The zero-order valence-corrected chi connectivity index (χ0v) is 13.4. The van der Waals surface area contributed by atoms with Gasteiger partial charge in [0, 0.05) is 22.0 Å². The van der Waals surface area contributed by atoms with Crippen molar-refractivity contribution >= 4 is 33.3 Å². The molecular formula is C16H16N2O3S. The van der Waals surface area contributed by atoms with Crippen molar-refractivity contribution in [3.8, 4) is 5.75 Å². The molecule has 1 aromatic carbocycles. The summed E-state index contributed by atoms with van der Waals surface area (Å²) in [5.41, 5.74) is 2.51. The lowest BCUT2D eigenvalue weighted by molar-refractivity contribution is -0.115. The molecule has 6 heteroatoms. The number of furan rings is 1. The molecule has 0 radical (unpaired) electrons. The van der Waals surface area contributed by atoms with Gasteiger partial charge < -0.3 is 14.5 Å². The van der Waals surface area contributed by atoms with Crippen molar-refractivity contribution in [2.45, 2.75) is 20.3 Å². The number of benzene rings is 1. The van der Waals surface area contributed by atoms with E-state index in [0.29, 0.717) is 16.5 Å². The van der Waals surface area contributed by atoms with Crippen LogP contribution in [0.5, 0.6) is 5.75 Å². The summed E-state index contributed by atoms with van der Waals surface area (Å²) in [6, 6.07) is 3.91. The minimum atomic E-state index is -0.114. The van der Waals surface area contributed by atoms with Crippen LogP contribution < -0.4 is 10.1 Å². The molecule has 0 aliphatic carbocycles. The van der Waals surface area contributed by atoms with Crippen molar-refractivity contribution in [3.05, 3.63) is 40.6 Å². The van der Waals surface area contributed by atoms with Crippen LogP contribution in [0.4, 0.5) is 5.13 Å². The van der Waals surface area contributed by atoms with E-state index in [0.717, 1.165) is 21.4 Å². The molecule has 22 heavy (non-hydrogen) atoms. The highest BCUT2D eigenvalue weighted by Gasteiger charge is 2.15. The fraction of sp³-hybridized carbons (Fsp3) is 0.250. The van der Waals surface area contributed by atoms with Gasteiger partial charge in [-0.15, -0.1) is 11.3 Å². The summed E-state index contributed by atoms with van der Waals surface area (Å²) in [6.45, 7) is 3.91. The summed E-state index contributed by atoms with van der Waals surface area (Å²) >= 11 is 1.45. The fourth-order valence-electron chi connectivity index (χ4n) is 2.36. The highest BCUT2D eigenvalue weighted by atomic mass is 32.1. The number of aromatic nitrogens is 1. The number of nitrogens with zero attached hydrogens (tertiary/aromatic N) is 1. The predicted molar refractivity (Wildman–Crippen MR) is 86.7 cm³/mol. The van der Waals surface area contributed by atoms with Crippen LogP contribution in [0.15, 0.2) is 29.0 Å². The average Bonchev–Trinajstić information content (AvgIpc) is 3.06. The summed E-state index contributed by atoms with van der Waals surface area (Å²) in [4.78, 5) is 17.3. The monoisotopic (exact) mass is 316 g/mol. The van der Waals surface area contributed by atoms with Crippen LogP contribution in [0.25, 0.3) is 11.0 Å². The average molecular weight is 316 g/mol. The number of thiazole rings is 1. The number of carbonyl (C=O) groups excluding carboxylic acids is 1. The lowest BCUT2D eigenvalue weighted by Crippen LogP contribution is -2.13. The normalized spacial score (nSPS) is 10.9.